The van der Waals surface area contributed by atoms with Crippen molar-refractivity contribution in [1.29, 1.82) is 0 Å². The molecule has 21 heavy (non-hydrogen) atoms. The molecule has 0 aliphatic carbocycles. The Balaban J connectivity index is 2.20. The monoisotopic (exact) mass is 304 g/mol. The Hall–Kier alpha value is -2.46. The molecule has 108 valence electrons. The van der Waals surface area contributed by atoms with Crippen LogP contribution >= 0.6 is 11.6 Å². The van der Waals surface area contributed by atoms with Gasteiger partial charge in [0.15, 0.2) is 0 Å². The van der Waals surface area contributed by atoms with Crippen LogP contribution in [0.4, 0.5) is 0 Å². The van der Waals surface area contributed by atoms with Crippen molar-refractivity contribution in [2.24, 2.45) is 0 Å². The fourth-order valence-corrected chi connectivity index (χ4v) is 2.01. The van der Waals surface area contributed by atoms with Crippen LogP contribution in [-0.2, 0) is 11.4 Å². The maximum Gasteiger partial charge on any atom is 0.328 e. The van der Waals surface area contributed by atoms with Crippen molar-refractivity contribution < 1.29 is 19.7 Å². The van der Waals surface area contributed by atoms with Gasteiger partial charge in [-0.25, -0.2) is 4.79 Å². The third-order valence-electron chi connectivity index (χ3n) is 2.70. The van der Waals surface area contributed by atoms with E-state index < -0.39 is 5.97 Å². The predicted molar refractivity (Wildman–Crippen MR) is 80.6 cm³/mol. The second kappa shape index (κ2) is 6.81. The first-order valence-electron chi connectivity index (χ1n) is 6.16. The number of rotatable bonds is 5. The molecule has 0 saturated carbocycles. The minimum atomic E-state index is -1.05. The van der Waals surface area contributed by atoms with Crippen LogP contribution in [0, 0.1) is 0 Å². The summed E-state index contributed by atoms with van der Waals surface area (Å²) in [5, 5.41) is 18.5. The van der Waals surface area contributed by atoms with Crippen LogP contribution in [0.15, 0.2) is 48.5 Å². The maximum absolute atomic E-state index is 10.6. The molecule has 0 aromatic heterocycles. The average Bonchev–Trinajstić information content (AvgIpc) is 2.44. The molecule has 4 nitrogen and oxygen atoms in total. The molecule has 0 aliphatic heterocycles. The van der Waals surface area contributed by atoms with Gasteiger partial charge in [-0.2, -0.15) is 0 Å². The van der Waals surface area contributed by atoms with E-state index in [1.807, 2.05) is 6.07 Å². The molecule has 5 heteroatoms. The molecule has 0 heterocycles. The molecule has 0 bridgehead atoms. The van der Waals surface area contributed by atoms with Crippen molar-refractivity contribution in [3.63, 3.8) is 0 Å². The first kappa shape index (κ1) is 14.9. The van der Waals surface area contributed by atoms with Gasteiger partial charge in [0, 0.05) is 11.6 Å². The van der Waals surface area contributed by atoms with Crippen molar-refractivity contribution in [2.45, 2.75) is 6.61 Å². The van der Waals surface area contributed by atoms with Crippen LogP contribution in [0.5, 0.6) is 11.5 Å². The standard InChI is InChI=1S/C16H13ClO4/c17-14-6-2-4-12(7-8-15(19)20)16(14)21-10-11-3-1-5-13(18)9-11/h1-9,18H,10H2,(H,19,20)/b8-7+. The van der Waals surface area contributed by atoms with Gasteiger partial charge < -0.3 is 14.9 Å². The molecular weight excluding hydrogens is 292 g/mol. The Morgan fingerprint density at radius 2 is 2.00 bits per heavy atom. The molecule has 0 atom stereocenters. The summed E-state index contributed by atoms with van der Waals surface area (Å²) >= 11 is 6.09. The Bertz CT molecular complexity index is 680. The lowest BCUT2D eigenvalue weighted by Crippen LogP contribution is -1.98. The van der Waals surface area contributed by atoms with E-state index in [1.165, 1.54) is 6.08 Å². The second-order valence-corrected chi connectivity index (χ2v) is 4.70. The number of para-hydroxylation sites is 1. The highest BCUT2D eigenvalue weighted by Gasteiger charge is 2.07. The van der Waals surface area contributed by atoms with Gasteiger partial charge in [-0.3, -0.25) is 0 Å². The van der Waals surface area contributed by atoms with E-state index in [2.05, 4.69) is 0 Å². The number of benzene rings is 2. The summed E-state index contributed by atoms with van der Waals surface area (Å²) in [5.74, 6) is -0.491. The van der Waals surface area contributed by atoms with Crippen LogP contribution < -0.4 is 4.74 Å². The van der Waals surface area contributed by atoms with E-state index in [0.29, 0.717) is 16.3 Å². The molecule has 0 amide bonds. The minimum absolute atomic E-state index is 0.154. The summed E-state index contributed by atoms with van der Waals surface area (Å²) in [6.07, 6.45) is 2.44. The lowest BCUT2D eigenvalue weighted by atomic mass is 10.2. The molecule has 2 aromatic rings. The van der Waals surface area contributed by atoms with Gasteiger partial charge in [0.25, 0.3) is 0 Å². The molecule has 2 aromatic carbocycles. The summed E-state index contributed by atoms with van der Waals surface area (Å²) in [7, 11) is 0. The van der Waals surface area contributed by atoms with E-state index in [1.54, 1.807) is 36.4 Å². The number of phenolic OH excluding ortho intramolecular Hbond substituents is 1. The zero-order valence-corrected chi connectivity index (χ0v) is 11.7. The fraction of sp³-hybridized carbons (Fsp3) is 0.0625. The highest BCUT2D eigenvalue weighted by Crippen LogP contribution is 2.30. The number of carboxylic acids is 1. The summed E-state index contributed by atoms with van der Waals surface area (Å²) in [4.78, 5) is 10.6. The molecule has 0 radical (unpaired) electrons. The van der Waals surface area contributed by atoms with Crippen LogP contribution in [0.1, 0.15) is 11.1 Å². The normalized spacial score (nSPS) is 10.7. The topological polar surface area (TPSA) is 66.8 Å². The molecule has 0 saturated heterocycles. The van der Waals surface area contributed by atoms with Gasteiger partial charge in [0.05, 0.1) is 5.02 Å². The van der Waals surface area contributed by atoms with Gasteiger partial charge in [-0.05, 0) is 29.8 Å². The number of hydrogen-bond donors (Lipinski definition) is 2. The lowest BCUT2D eigenvalue weighted by molar-refractivity contribution is -0.131. The summed E-state index contributed by atoms with van der Waals surface area (Å²) < 4.78 is 5.65. The Morgan fingerprint density at radius 1 is 1.24 bits per heavy atom. The van der Waals surface area contributed by atoms with E-state index in [-0.39, 0.29) is 12.4 Å². The van der Waals surface area contributed by atoms with Crippen molar-refractivity contribution >= 4 is 23.6 Å². The van der Waals surface area contributed by atoms with Gasteiger partial charge in [-0.15, -0.1) is 0 Å². The highest BCUT2D eigenvalue weighted by molar-refractivity contribution is 6.32. The number of carbonyl (C=O) groups is 1. The molecule has 0 unspecified atom stereocenters. The zero-order chi connectivity index (χ0) is 15.2. The molecule has 0 fully saturated rings. The third-order valence-corrected chi connectivity index (χ3v) is 2.99. The van der Waals surface area contributed by atoms with Crippen LogP contribution in [-0.4, -0.2) is 16.2 Å². The number of aromatic hydroxyl groups is 1. The second-order valence-electron chi connectivity index (χ2n) is 4.29. The van der Waals surface area contributed by atoms with Crippen LogP contribution in [0.3, 0.4) is 0 Å². The highest BCUT2D eigenvalue weighted by atomic mass is 35.5. The molecule has 2 rings (SSSR count). The zero-order valence-electron chi connectivity index (χ0n) is 11.0. The van der Waals surface area contributed by atoms with Gasteiger partial charge in [-0.1, -0.05) is 35.9 Å². The number of halogens is 1. The number of carboxylic acid groups (broad SMARTS) is 1. The Kier molecular flexibility index (Phi) is 4.85. The Morgan fingerprint density at radius 3 is 2.71 bits per heavy atom. The largest absolute Gasteiger partial charge is 0.508 e. The minimum Gasteiger partial charge on any atom is -0.508 e. The smallest absolute Gasteiger partial charge is 0.328 e. The summed E-state index contributed by atoms with van der Waals surface area (Å²) in [6.45, 7) is 0.214. The molecule has 0 spiro atoms. The van der Waals surface area contributed by atoms with Crippen LogP contribution in [0.2, 0.25) is 5.02 Å². The average molecular weight is 305 g/mol. The van der Waals surface area contributed by atoms with Crippen molar-refractivity contribution in [1.82, 2.24) is 0 Å². The number of hydrogen-bond acceptors (Lipinski definition) is 3. The van der Waals surface area contributed by atoms with Crippen molar-refractivity contribution in [3.8, 4) is 11.5 Å². The maximum atomic E-state index is 10.6. The predicted octanol–water partition coefficient (Wildman–Crippen LogP) is 3.72. The molecule has 0 aliphatic rings. The van der Waals surface area contributed by atoms with Gasteiger partial charge in [0.1, 0.15) is 18.1 Å². The number of aliphatic carboxylic acids is 1. The van der Waals surface area contributed by atoms with Crippen molar-refractivity contribution in [3.05, 3.63) is 64.7 Å². The third kappa shape index (κ3) is 4.26. The van der Waals surface area contributed by atoms with E-state index in [9.17, 15) is 9.90 Å². The molecular formula is C16H13ClO4. The molecule has 2 N–H and O–H groups in total. The number of ether oxygens (including phenoxy) is 1. The quantitative estimate of drug-likeness (QED) is 0.826. The van der Waals surface area contributed by atoms with Gasteiger partial charge in [0.2, 0.25) is 0 Å². The first-order chi connectivity index (χ1) is 10.1. The number of phenols is 1. The van der Waals surface area contributed by atoms with E-state index in [4.69, 9.17) is 21.4 Å². The van der Waals surface area contributed by atoms with Crippen LogP contribution in [0.25, 0.3) is 6.08 Å². The lowest BCUT2D eigenvalue weighted by Gasteiger charge is -2.11. The first-order valence-corrected chi connectivity index (χ1v) is 6.54. The van der Waals surface area contributed by atoms with Gasteiger partial charge >= 0.3 is 5.97 Å². The fourth-order valence-electron chi connectivity index (χ4n) is 1.77. The van der Waals surface area contributed by atoms with E-state index in [0.717, 1.165) is 11.6 Å². The SMILES string of the molecule is O=C(O)/C=C/c1cccc(Cl)c1OCc1cccc(O)c1. The van der Waals surface area contributed by atoms with Crippen molar-refractivity contribution in [2.75, 3.05) is 0 Å². The van der Waals surface area contributed by atoms with E-state index >= 15 is 0 Å². The summed E-state index contributed by atoms with van der Waals surface area (Å²) in [5.41, 5.74) is 1.35. The Labute approximate surface area is 126 Å². The summed E-state index contributed by atoms with van der Waals surface area (Å²) in [6, 6.07) is 11.8.